The second-order valence-electron chi connectivity index (χ2n) is 7.09. The minimum Gasteiger partial charge on any atom is -0.465 e. The first-order chi connectivity index (χ1) is 12.7. The Kier molecular flexibility index (Phi) is 4.87. The molecule has 2 aromatic heterocycles. The number of fused-ring (bicyclic) bond motifs is 1. The van der Waals surface area contributed by atoms with Crippen molar-refractivity contribution in [2.24, 2.45) is 5.92 Å². The molecule has 0 bridgehead atoms. The summed E-state index contributed by atoms with van der Waals surface area (Å²) in [5.74, 6) is 0.944. The highest BCUT2D eigenvalue weighted by Gasteiger charge is 2.26. The number of amides is 1. The Morgan fingerprint density at radius 3 is 2.81 bits per heavy atom. The van der Waals surface area contributed by atoms with Crippen molar-refractivity contribution in [2.75, 3.05) is 30.0 Å². The Hall–Kier alpha value is -2.42. The summed E-state index contributed by atoms with van der Waals surface area (Å²) in [5, 5.41) is 25.7. The molecule has 140 valence electrons. The fourth-order valence-corrected chi connectivity index (χ4v) is 3.83. The molecule has 0 radical (unpaired) electrons. The van der Waals surface area contributed by atoms with Crippen LogP contribution in [0.2, 0.25) is 0 Å². The lowest BCUT2D eigenvalue weighted by atomic mass is 9.99. The summed E-state index contributed by atoms with van der Waals surface area (Å²) >= 11 is 0. The molecule has 9 nitrogen and oxygen atoms in total. The average Bonchev–Trinajstić information content (AvgIpc) is 3.31. The van der Waals surface area contributed by atoms with Gasteiger partial charge in [-0.15, -0.1) is 15.3 Å². The van der Waals surface area contributed by atoms with E-state index in [4.69, 9.17) is 4.74 Å². The van der Waals surface area contributed by atoms with Crippen molar-refractivity contribution in [3.63, 3.8) is 0 Å². The normalized spacial score (nSPS) is 19.1. The highest BCUT2D eigenvalue weighted by molar-refractivity contribution is 5.91. The molecule has 2 fully saturated rings. The smallest absolute Gasteiger partial charge is 0.411 e. The third kappa shape index (κ3) is 3.57. The van der Waals surface area contributed by atoms with E-state index in [1.807, 2.05) is 0 Å². The molecule has 0 aromatic carbocycles. The van der Waals surface area contributed by atoms with Gasteiger partial charge in [-0.1, -0.05) is 12.8 Å². The van der Waals surface area contributed by atoms with Crippen LogP contribution in [-0.2, 0) is 4.74 Å². The van der Waals surface area contributed by atoms with Crippen LogP contribution in [0, 0.1) is 5.92 Å². The Balaban J connectivity index is 1.64. The van der Waals surface area contributed by atoms with Gasteiger partial charge in [-0.2, -0.15) is 4.52 Å². The average molecular weight is 360 g/mol. The third-order valence-corrected chi connectivity index (χ3v) is 5.26. The number of aromatic nitrogens is 4. The lowest BCUT2D eigenvalue weighted by molar-refractivity contribution is 0.0680. The van der Waals surface area contributed by atoms with Gasteiger partial charge in [0, 0.05) is 31.9 Å². The van der Waals surface area contributed by atoms with E-state index in [1.54, 1.807) is 10.6 Å². The maximum absolute atomic E-state index is 12.0. The first kappa shape index (κ1) is 17.0. The number of carboxylic acid groups (broad SMARTS) is 1. The molecule has 1 aliphatic heterocycles. The number of carbonyl (C=O) groups is 1. The minimum atomic E-state index is -0.987. The Bertz CT molecular complexity index is 767. The van der Waals surface area contributed by atoms with E-state index in [1.165, 1.54) is 24.1 Å². The Labute approximate surface area is 151 Å². The van der Waals surface area contributed by atoms with Gasteiger partial charge in [0.25, 0.3) is 0 Å². The third-order valence-electron chi connectivity index (χ3n) is 5.26. The summed E-state index contributed by atoms with van der Waals surface area (Å²) in [6.07, 6.45) is 6.90. The van der Waals surface area contributed by atoms with E-state index in [0.717, 1.165) is 25.7 Å². The van der Waals surface area contributed by atoms with Gasteiger partial charge in [0.2, 0.25) is 5.65 Å². The fraction of sp³-hybridized carbons (Fsp3) is 0.647. The zero-order chi connectivity index (χ0) is 17.9. The van der Waals surface area contributed by atoms with Crippen LogP contribution < -0.4 is 10.2 Å². The highest BCUT2D eigenvalue weighted by Crippen LogP contribution is 2.28. The van der Waals surface area contributed by atoms with Crippen LogP contribution in [0.15, 0.2) is 12.4 Å². The molecule has 1 saturated heterocycles. The molecular weight excluding hydrogens is 336 g/mol. The minimum absolute atomic E-state index is 0.280. The van der Waals surface area contributed by atoms with Crippen LogP contribution in [0.5, 0.6) is 0 Å². The van der Waals surface area contributed by atoms with E-state index < -0.39 is 6.09 Å². The summed E-state index contributed by atoms with van der Waals surface area (Å²) < 4.78 is 6.93. The van der Waals surface area contributed by atoms with Gasteiger partial charge in [0.1, 0.15) is 12.1 Å². The number of nitrogens with one attached hydrogen (secondary N) is 1. The topological polar surface area (TPSA) is 105 Å². The molecule has 1 amide bonds. The van der Waals surface area contributed by atoms with Crippen molar-refractivity contribution in [3.05, 3.63) is 12.4 Å². The number of hydrogen-bond donors (Lipinski definition) is 2. The van der Waals surface area contributed by atoms with Crippen LogP contribution in [-0.4, -0.2) is 56.8 Å². The molecule has 26 heavy (non-hydrogen) atoms. The molecule has 1 saturated carbocycles. The summed E-state index contributed by atoms with van der Waals surface area (Å²) in [6, 6.07) is 2.17. The Morgan fingerprint density at radius 1 is 1.31 bits per heavy atom. The van der Waals surface area contributed by atoms with Gasteiger partial charge in [0.15, 0.2) is 0 Å². The first-order valence-corrected chi connectivity index (χ1v) is 9.26. The molecule has 4 rings (SSSR count). The first-order valence-electron chi connectivity index (χ1n) is 9.26. The van der Waals surface area contributed by atoms with Crippen molar-refractivity contribution >= 4 is 23.2 Å². The van der Waals surface area contributed by atoms with Crippen molar-refractivity contribution < 1.29 is 14.6 Å². The van der Waals surface area contributed by atoms with Crippen LogP contribution in [0.4, 0.5) is 16.3 Å². The van der Waals surface area contributed by atoms with E-state index in [-0.39, 0.29) is 5.92 Å². The second-order valence-corrected chi connectivity index (χ2v) is 7.09. The van der Waals surface area contributed by atoms with Gasteiger partial charge in [-0.3, -0.25) is 4.90 Å². The van der Waals surface area contributed by atoms with Crippen molar-refractivity contribution in [1.82, 2.24) is 19.8 Å². The number of ether oxygens (including phenoxy) is 1. The second kappa shape index (κ2) is 7.45. The summed E-state index contributed by atoms with van der Waals surface area (Å²) in [4.78, 5) is 13.4. The van der Waals surface area contributed by atoms with Crippen LogP contribution >= 0.6 is 0 Å². The van der Waals surface area contributed by atoms with Gasteiger partial charge in [-0.05, 0) is 31.6 Å². The molecule has 2 N–H and O–H groups in total. The van der Waals surface area contributed by atoms with Crippen LogP contribution in [0.3, 0.4) is 0 Å². The largest absolute Gasteiger partial charge is 0.465 e. The maximum atomic E-state index is 12.0. The van der Waals surface area contributed by atoms with Gasteiger partial charge in [-0.25, -0.2) is 4.79 Å². The van der Waals surface area contributed by atoms with E-state index in [2.05, 4.69) is 20.6 Å². The molecular formula is C17H24N6O3. The Morgan fingerprint density at radius 2 is 2.08 bits per heavy atom. The van der Waals surface area contributed by atoms with E-state index in [0.29, 0.717) is 43.0 Å². The monoisotopic (exact) mass is 360 g/mol. The fourth-order valence-electron chi connectivity index (χ4n) is 3.83. The summed E-state index contributed by atoms with van der Waals surface area (Å²) in [6.45, 7) is 1.79. The molecule has 2 aromatic rings. The van der Waals surface area contributed by atoms with Crippen molar-refractivity contribution in [1.29, 1.82) is 0 Å². The SMILES string of the molecule is O=C(O)N(CC1CCOCC1)c1cc(NC2CCCC2)nn2cnnc12. The predicted octanol–water partition coefficient (Wildman–Crippen LogP) is 2.39. The number of rotatable bonds is 5. The lowest BCUT2D eigenvalue weighted by Crippen LogP contribution is -2.36. The van der Waals surface area contributed by atoms with Gasteiger partial charge in [0.05, 0.1) is 5.69 Å². The molecule has 9 heteroatoms. The van der Waals surface area contributed by atoms with E-state index >= 15 is 0 Å². The quantitative estimate of drug-likeness (QED) is 0.843. The molecule has 2 aliphatic rings. The standard InChI is InChI=1S/C17H24N6O3/c24-17(25)22(10-12-5-7-26-8-6-12)14-9-15(19-13-3-1-2-4-13)21-23-11-18-20-16(14)23/h9,11-13H,1-8,10H2,(H,19,21)(H,24,25). The number of hydrogen-bond acceptors (Lipinski definition) is 6. The molecule has 0 unspecified atom stereocenters. The number of nitrogens with zero attached hydrogens (tertiary/aromatic N) is 5. The maximum Gasteiger partial charge on any atom is 0.411 e. The predicted molar refractivity (Wildman–Crippen MR) is 95.6 cm³/mol. The zero-order valence-electron chi connectivity index (χ0n) is 14.7. The van der Waals surface area contributed by atoms with Gasteiger partial charge >= 0.3 is 6.09 Å². The van der Waals surface area contributed by atoms with E-state index in [9.17, 15) is 9.90 Å². The van der Waals surface area contributed by atoms with Crippen molar-refractivity contribution in [3.8, 4) is 0 Å². The van der Waals surface area contributed by atoms with Gasteiger partial charge < -0.3 is 15.2 Å². The lowest BCUT2D eigenvalue weighted by Gasteiger charge is -2.28. The van der Waals surface area contributed by atoms with Crippen molar-refractivity contribution in [2.45, 2.75) is 44.6 Å². The summed E-state index contributed by atoms with van der Waals surface area (Å²) in [5.41, 5.74) is 0.980. The van der Waals surface area contributed by atoms with Crippen LogP contribution in [0.1, 0.15) is 38.5 Å². The zero-order valence-corrected chi connectivity index (χ0v) is 14.7. The molecule has 3 heterocycles. The summed E-state index contributed by atoms with van der Waals surface area (Å²) in [7, 11) is 0. The molecule has 0 spiro atoms. The number of anilines is 2. The highest BCUT2D eigenvalue weighted by atomic mass is 16.5. The molecule has 1 aliphatic carbocycles. The molecule has 0 atom stereocenters. The van der Waals surface area contributed by atoms with Crippen LogP contribution in [0.25, 0.3) is 5.65 Å².